The molecule has 0 aromatic heterocycles. The molecule has 0 spiro atoms. The second-order valence-corrected chi connectivity index (χ2v) is 3.84. The van der Waals surface area contributed by atoms with E-state index in [1.165, 1.54) is 0 Å². The number of aliphatic carboxylic acids is 1. The summed E-state index contributed by atoms with van der Waals surface area (Å²) in [5.41, 5.74) is 0.428. The summed E-state index contributed by atoms with van der Waals surface area (Å²) in [6.45, 7) is 0. The first kappa shape index (κ1) is 7.89. The van der Waals surface area contributed by atoms with Crippen molar-refractivity contribution in [2.24, 2.45) is 0 Å². The predicted molar refractivity (Wildman–Crippen MR) is 47.8 cm³/mol. The SMILES string of the molecule is O=C(O)C1=CCC2NCSC2=C1. The number of nitrogens with one attached hydrogen (secondary N) is 1. The zero-order chi connectivity index (χ0) is 8.55. The number of rotatable bonds is 1. The van der Waals surface area contributed by atoms with Crippen LogP contribution in [-0.4, -0.2) is 23.0 Å². The largest absolute Gasteiger partial charge is 0.478 e. The van der Waals surface area contributed by atoms with Gasteiger partial charge in [-0.25, -0.2) is 4.79 Å². The molecule has 0 amide bonds. The Bertz CT molecular complexity index is 283. The lowest BCUT2D eigenvalue weighted by Gasteiger charge is -2.13. The van der Waals surface area contributed by atoms with Gasteiger partial charge in [-0.2, -0.15) is 0 Å². The van der Waals surface area contributed by atoms with Gasteiger partial charge in [0.05, 0.1) is 5.57 Å². The lowest BCUT2D eigenvalue weighted by atomic mass is 10.0. The molecule has 2 rings (SSSR count). The molecule has 1 atom stereocenters. The van der Waals surface area contributed by atoms with E-state index in [-0.39, 0.29) is 0 Å². The van der Waals surface area contributed by atoms with Gasteiger partial charge < -0.3 is 5.11 Å². The topological polar surface area (TPSA) is 49.3 Å². The van der Waals surface area contributed by atoms with Crippen molar-refractivity contribution in [2.75, 3.05) is 5.88 Å². The number of carbonyl (C=O) groups is 1. The molecule has 1 aliphatic carbocycles. The monoisotopic (exact) mass is 183 g/mol. The fourth-order valence-corrected chi connectivity index (χ4v) is 2.42. The Kier molecular flexibility index (Phi) is 1.94. The Morgan fingerprint density at radius 3 is 3.33 bits per heavy atom. The summed E-state index contributed by atoms with van der Waals surface area (Å²) in [6.07, 6.45) is 4.34. The smallest absolute Gasteiger partial charge is 0.335 e. The lowest BCUT2D eigenvalue weighted by molar-refractivity contribution is -0.132. The number of carboxylic acids is 1. The van der Waals surface area contributed by atoms with Crippen LogP contribution in [0.25, 0.3) is 0 Å². The Labute approximate surface area is 74.5 Å². The van der Waals surface area contributed by atoms with Crippen LogP contribution in [0, 0.1) is 0 Å². The summed E-state index contributed by atoms with van der Waals surface area (Å²) >= 11 is 1.69. The minimum Gasteiger partial charge on any atom is -0.478 e. The molecule has 0 bridgehead atoms. The minimum atomic E-state index is -0.826. The van der Waals surface area contributed by atoms with Crippen LogP contribution in [0.1, 0.15) is 6.42 Å². The number of hydrogen-bond donors (Lipinski definition) is 2. The maximum absolute atomic E-state index is 10.6. The van der Waals surface area contributed by atoms with E-state index in [9.17, 15) is 4.79 Å². The van der Waals surface area contributed by atoms with Crippen molar-refractivity contribution in [3.63, 3.8) is 0 Å². The minimum absolute atomic E-state index is 0.373. The molecule has 1 unspecified atom stereocenters. The fourth-order valence-electron chi connectivity index (χ4n) is 1.37. The van der Waals surface area contributed by atoms with Gasteiger partial charge in [0.2, 0.25) is 0 Å². The summed E-state index contributed by atoms with van der Waals surface area (Å²) in [5.74, 6) is 0.0745. The maximum Gasteiger partial charge on any atom is 0.335 e. The van der Waals surface area contributed by atoms with E-state index in [1.807, 2.05) is 0 Å². The van der Waals surface area contributed by atoms with Crippen LogP contribution >= 0.6 is 11.8 Å². The Balaban J connectivity index is 2.22. The molecule has 1 heterocycles. The Morgan fingerprint density at radius 1 is 1.75 bits per heavy atom. The van der Waals surface area contributed by atoms with E-state index >= 15 is 0 Å². The lowest BCUT2D eigenvalue weighted by Crippen LogP contribution is -2.24. The van der Waals surface area contributed by atoms with Gasteiger partial charge in [-0.05, 0) is 12.5 Å². The number of thioether (sulfide) groups is 1. The molecule has 12 heavy (non-hydrogen) atoms. The molecule has 0 aromatic rings. The molecule has 64 valence electrons. The van der Waals surface area contributed by atoms with Crippen LogP contribution in [0.5, 0.6) is 0 Å². The molecule has 2 aliphatic rings. The second-order valence-electron chi connectivity index (χ2n) is 2.79. The molecule has 2 N–H and O–H groups in total. The average Bonchev–Trinajstić information content (AvgIpc) is 2.49. The van der Waals surface area contributed by atoms with E-state index in [2.05, 4.69) is 5.32 Å². The molecular formula is C8H9NO2S. The van der Waals surface area contributed by atoms with Crippen molar-refractivity contribution >= 4 is 17.7 Å². The predicted octanol–water partition coefficient (Wildman–Crippen LogP) is 0.948. The zero-order valence-corrected chi connectivity index (χ0v) is 7.23. The standard InChI is InChI=1S/C8H9NO2S/c10-8(11)5-1-2-6-7(3-5)12-4-9-6/h1,3,6,9H,2,4H2,(H,10,11). The van der Waals surface area contributed by atoms with Crippen molar-refractivity contribution in [3.8, 4) is 0 Å². The summed E-state index contributed by atoms with van der Waals surface area (Å²) in [6, 6.07) is 0.373. The molecule has 0 aromatic carbocycles. The zero-order valence-electron chi connectivity index (χ0n) is 6.41. The van der Waals surface area contributed by atoms with Crippen LogP contribution < -0.4 is 5.32 Å². The average molecular weight is 183 g/mol. The summed E-state index contributed by atoms with van der Waals surface area (Å²) in [7, 11) is 0. The third-order valence-electron chi connectivity index (χ3n) is 2.03. The molecule has 0 radical (unpaired) electrons. The summed E-state index contributed by atoms with van der Waals surface area (Å²) < 4.78 is 0. The molecule has 4 heteroatoms. The van der Waals surface area contributed by atoms with Gasteiger partial charge in [0, 0.05) is 16.8 Å². The van der Waals surface area contributed by atoms with E-state index < -0.39 is 5.97 Å². The number of hydrogen-bond acceptors (Lipinski definition) is 3. The van der Waals surface area contributed by atoms with Crippen LogP contribution in [0.3, 0.4) is 0 Å². The molecule has 0 saturated carbocycles. The van der Waals surface area contributed by atoms with Gasteiger partial charge >= 0.3 is 5.97 Å². The van der Waals surface area contributed by atoms with Gasteiger partial charge in [-0.3, -0.25) is 5.32 Å². The first-order valence-electron chi connectivity index (χ1n) is 3.78. The highest BCUT2D eigenvalue weighted by molar-refractivity contribution is 8.03. The van der Waals surface area contributed by atoms with Gasteiger partial charge in [-0.1, -0.05) is 6.08 Å². The number of carboxylic acid groups (broad SMARTS) is 1. The van der Waals surface area contributed by atoms with Crippen molar-refractivity contribution in [2.45, 2.75) is 12.5 Å². The van der Waals surface area contributed by atoms with Crippen molar-refractivity contribution in [3.05, 3.63) is 22.6 Å². The van der Waals surface area contributed by atoms with Crippen LogP contribution in [0.2, 0.25) is 0 Å². The quantitative estimate of drug-likeness (QED) is 0.635. The van der Waals surface area contributed by atoms with Gasteiger partial charge in [0.25, 0.3) is 0 Å². The van der Waals surface area contributed by atoms with Crippen molar-refractivity contribution < 1.29 is 9.90 Å². The van der Waals surface area contributed by atoms with E-state index in [4.69, 9.17) is 5.11 Å². The normalized spacial score (nSPS) is 27.5. The third kappa shape index (κ3) is 1.28. The molecule has 3 nitrogen and oxygen atoms in total. The summed E-state index contributed by atoms with van der Waals surface area (Å²) in [4.78, 5) is 11.8. The highest BCUT2D eigenvalue weighted by atomic mass is 32.2. The highest BCUT2D eigenvalue weighted by Crippen LogP contribution is 2.31. The molecular weight excluding hydrogens is 174 g/mol. The Hall–Kier alpha value is -0.740. The Morgan fingerprint density at radius 2 is 2.58 bits per heavy atom. The highest BCUT2D eigenvalue weighted by Gasteiger charge is 2.24. The van der Waals surface area contributed by atoms with E-state index in [0.717, 1.165) is 17.2 Å². The fraction of sp³-hybridized carbons (Fsp3) is 0.375. The van der Waals surface area contributed by atoms with Gasteiger partial charge in [-0.15, -0.1) is 11.8 Å². The first-order valence-corrected chi connectivity index (χ1v) is 4.77. The van der Waals surface area contributed by atoms with Crippen LogP contribution in [0.15, 0.2) is 22.6 Å². The van der Waals surface area contributed by atoms with Gasteiger partial charge in [0.1, 0.15) is 0 Å². The first-order chi connectivity index (χ1) is 5.77. The molecule has 1 saturated heterocycles. The van der Waals surface area contributed by atoms with Crippen LogP contribution in [0.4, 0.5) is 0 Å². The van der Waals surface area contributed by atoms with Crippen LogP contribution in [-0.2, 0) is 4.79 Å². The molecule has 1 fully saturated rings. The summed E-state index contributed by atoms with van der Waals surface area (Å²) in [5, 5.41) is 12.0. The third-order valence-corrected chi connectivity index (χ3v) is 3.08. The van der Waals surface area contributed by atoms with Crippen molar-refractivity contribution in [1.82, 2.24) is 5.32 Å². The molecule has 1 aliphatic heterocycles. The van der Waals surface area contributed by atoms with Crippen molar-refractivity contribution in [1.29, 1.82) is 0 Å². The number of fused-ring (bicyclic) bond motifs is 1. The van der Waals surface area contributed by atoms with E-state index in [0.29, 0.717) is 11.6 Å². The van der Waals surface area contributed by atoms with E-state index in [1.54, 1.807) is 23.9 Å². The maximum atomic E-state index is 10.6. The van der Waals surface area contributed by atoms with Gasteiger partial charge in [0.15, 0.2) is 0 Å². The second kappa shape index (κ2) is 2.95.